The van der Waals surface area contributed by atoms with E-state index in [4.69, 9.17) is 9.88 Å². The summed E-state index contributed by atoms with van der Waals surface area (Å²) in [4.78, 5) is 23.9. The maximum absolute atomic E-state index is 12.4. The van der Waals surface area contributed by atoms with Crippen LogP contribution in [0.2, 0.25) is 0 Å². The van der Waals surface area contributed by atoms with E-state index in [1.165, 1.54) is 26.3 Å². The lowest BCUT2D eigenvalue weighted by Crippen LogP contribution is -2.24. The van der Waals surface area contributed by atoms with Crippen molar-refractivity contribution in [2.75, 3.05) is 14.2 Å². The number of nitrogens with two attached hydrogens (primary N) is 1. The predicted octanol–water partition coefficient (Wildman–Crippen LogP) is 0.632. The number of rotatable bonds is 6. The zero-order valence-corrected chi connectivity index (χ0v) is 15.1. The maximum atomic E-state index is 12.4. The second-order valence-corrected chi connectivity index (χ2v) is 6.93. The monoisotopic (exact) mass is 377 g/mol. The average molecular weight is 377 g/mol. The van der Waals surface area contributed by atoms with Crippen LogP contribution in [0.3, 0.4) is 0 Å². The topological polar surface area (TPSA) is 128 Å². The lowest BCUT2D eigenvalue weighted by Gasteiger charge is -2.11. The highest BCUT2D eigenvalue weighted by Gasteiger charge is 2.17. The molecule has 0 unspecified atom stereocenters. The predicted molar refractivity (Wildman–Crippen MR) is 95.4 cm³/mol. The maximum Gasteiger partial charge on any atom is 0.255 e. The summed E-state index contributed by atoms with van der Waals surface area (Å²) in [5, 5.41) is 10.3. The van der Waals surface area contributed by atoms with Crippen molar-refractivity contribution in [3.8, 4) is 5.75 Å². The molecule has 138 valence electrons. The second-order valence-electron chi connectivity index (χ2n) is 5.37. The van der Waals surface area contributed by atoms with E-state index in [-0.39, 0.29) is 28.7 Å². The van der Waals surface area contributed by atoms with Gasteiger partial charge in [0.1, 0.15) is 5.75 Å². The first-order chi connectivity index (χ1) is 12.3. The molecule has 0 atom stereocenters. The summed E-state index contributed by atoms with van der Waals surface area (Å²) in [5.74, 6) is -0.549. The fraction of sp³-hybridized carbons (Fsp3) is 0.176. The van der Waals surface area contributed by atoms with Crippen LogP contribution in [-0.2, 0) is 16.6 Å². The van der Waals surface area contributed by atoms with Crippen molar-refractivity contribution in [3.05, 3.63) is 59.2 Å². The first-order valence-corrected chi connectivity index (χ1v) is 9.11. The fourth-order valence-corrected chi connectivity index (χ4v) is 2.83. The quantitative estimate of drug-likeness (QED) is 0.680. The Morgan fingerprint density at radius 2 is 1.85 bits per heavy atom. The van der Waals surface area contributed by atoms with Crippen LogP contribution in [0.4, 0.5) is 0 Å². The van der Waals surface area contributed by atoms with Gasteiger partial charge in [-0.15, -0.1) is 0 Å². The fourth-order valence-electron chi connectivity index (χ4n) is 2.29. The highest BCUT2D eigenvalue weighted by Crippen LogP contribution is 2.22. The van der Waals surface area contributed by atoms with Gasteiger partial charge in [0.15, 0.2) is 0 Å². The smallest absolute Gasteiger partial charge is 0.255 e. The molecule has 26 heavy (non-hydrogen) atoms. The molecule has 2 aromatic rings. The van der Waals surface area contributed by atoms with Crippen LogP contribution in [0.15, 0.2) is 47.4 Å². The Labute approximate surface area is 151 Å². The second kappa shape index (κ2) is 7.98. The van der Waals surface area contributed by atoms with Crippen LogP contribution in [-0.4, -0.2) is 34.4 Å². The van der Waals surface area contributed by atoms with Crippen molar-refractivity contribution in [2.24, 2.45) is 5.14 Å². The summed E-state index contributed by atoms with van der Waals surface area (Å²) in [6.07, 6.45) is 0. The van der Waals surface area contributed by atoms with E-state index in [0.29, 0.717) is 11.1 Å². The van der Waals surface area contributed by atoms with E-state index in [1.54, 1.807) is 24.3 Å². The molecule has 0 spiro atoms. The highest BCUT2D eigenvalue weighted by molar-refractivity contribution is 7.89. The molecule has 2 rings (SSSR count). The molecule has 0 aliphatic heterocycles. The van der Waals surface area contributed by atoms with Crippen molar-refractivity contribution < 1.29 is 22.7 Å². The number of primary sulfonamides is 1. The van der Waals surface area contributed by atoms with E-state index < -0.39 is 15.9 Å². The van der Waals surface area contributed by atoms with Crippen molar-refractivity contribution in [3.63, 3.8) is 0 Å². The number of amides is 2. The molecule has 0 saturated heterocycles. The van der Waals surface area contributed by atoms with Crippen LogP contribution >= 0.6 is 0 Å². The van der Waals surface area contributed by atoms with E-state index in [2.05, 4.69) is 10.6 Å². The number of sulfonamides is 1. The molecule has 0 aromatic heterocycles. The number of nitrogens with one attached hydrogen (secondary N) is 2. The molecule has 2 aromatic carbocycles. The third kappa shape index (κ3) is 4.58. The molecule has 0 aliphatic carbocycles. The number of benzene rings is 2. The first-order valence-electron chi connectivity index (χ1n) is 7.56. The van der Waals surface area contributed by atoms with Crippen LogP contribution in [0.5, 0.6) is 5.75 Å². The Kier molecular flexibility index (Phi) is 5.96. The molecule has 0 radical (unpaired) electrons. The van der Waals surface area contributed by atoms with Crippen LogP contribution in [0, 0.1) is 0 Å². The van der Waals surface area contributed by atoms with Crippen molar-refractivity contribution >= 4 is 21.8 Å². The van der Waals surface area contributed by atoms with Gasteiger partial charge in [-0.05, 0) is 35.9 Å². The van der Waals surface area contributed by atoms with Gasteiger partial charge < -0.3 is 15.4 Å². The Bertz CT molecular complexity index is 941. The number of methoxy groups -OCH3 is 1. The van der Waals surface area contributed by atoms with Gasteiger partial charge in [-0.3, -0.25) is 9.59 Å². The molecule has 0 aliphatic rings. The van der Waals surface area contributed by atoms with Crippen molar-refractivity contribution in [2.45, 2.75) is 11.4 Å². The Morgan fingerprint density at radius 3 is 2.46 bits per heavy atom. The van der Waals surface area contributed by atoms with Gasteiger partial charge in [-0.25, -0.2) is 13.6 Å². The number of carbonyl (C=O) groups is 2. The van der Waals surface area contributed by atoms with Crippen molar-refractivity contribution in [1.29, 1.82) is 0 Å². The SMILES string of the molecule is CNC(=O)c1cccc(CNC(=O)c2cc(S(N)(=O)=O)ccc2OC)c1. The summed E-state index contributed by atoms with van der Waals surface area (Å²) >= 11 is 0. The first kappa shape index (κ1) is 19.4. The summed E-state index contributed by atoms with van der Waals surface area (Å²) in [6, 6.07) is 10.5. The van der Waals surface area contributed by atoms with Crippen LogP contribution in [0.1, 0.15) is 26.3 Å². The minimum absolute atomic E-state index is 0.0430. The van der Waals surface area contributed by atoms with Crippen molar-refractivity contribution in [1.82, 2.24) is 10.6 Å². The molecule has 2 amide bonds. The third-order valence-corrected chi connectivity index (χ3v) is 4.52. The zero-order chi connectivity index (χ0) is 19.3. The van der Waals surface area contributed by atoms with E-state index in [0.717, 1.165) is 6.07 Å². The largest absolute Gasteiger partial charge is 0.496 e. The molecule has 8 nitrogen and oxygen atoms in total. The molecule has 0 heterocycles. The lowest BCUT2D eigenvalue weighted by atomic mass is 10.1. The van der Waals surface area contributed by atoms with Gasteiger partial charge in [-0.1, -0.05) is 12.1 Å². The van der Waals surface area contributed by atoms with E-state index in [1.807, 2.05) is 0 Å². The molecule has 4 N–H and O–H groups in total. The van der Waals surface area contributed by atoms with Crippen LogP contribution < -0.4 is 20.5 Å². The average Bonchev–Trinajstić information content (AvgIpc) is 2.64. The van der Waals surface area contributed by atoms with Gasteiger partial charge in [0.25, 0.3) is 11.8 Å². The molecule has 0 fully saturated rings. The van der Waals surface area contributed by atoms with Gasteiger partial charge in [-0.2, -0.15) is 0 Å². The number of hydrogen-bond donors (Lipinski definition) is 3. The number of ether oxygens (including phenoxy) is 1. The third-order valence-electron chi connectivity index (χ3n) is 3.61. The number of carbonyl (C=O) groups excluding carboxylic acids is 2. The van der Waals surface area contributed by atoms with Gasteiger partial charge in [0.05, 0.1) is 17.6 Å². The van der Waals surface area contributed by atoms with E-state index in [9.17, 15) is 18.0 Å². The molecular formula is C17H19N3O5S. The Morgan fingerprint density at radius 1 is 1.12 bits per heavy atom. The summed E-state index contributed by atoms with van der Waals surface area (Å²) in [7, 11) is -1.05. The van der Waals surface area contributed by atoms with E-state index >= 15 is 0 Å². The molecule has 9 heteroatoms. The zero-order valence-electron chi connectivity index (χ0n) is 14.3. The highest BCUT2D eigenvalue weighted by atomic mass is 32.2. The summed E-state index contributed by atoms with van der Waals surface area (Å²) in [6.45, 7) is 0.145. The molecule has 0 saturated carbocycles. The molecular weight excluding hydrogens is 358 g/mol. The summed E-state index contributed by atoms with van der Waals surface area (Å²) in [5.41, 5.74) is 1.22. The minimum atomic E-state index is -3.95. The minimum Gasteiger partial charge on any atom is -0.496 e. The van der Waals surface area contributed by atoms with Gasteiger partial charge in [0.2, 0.25) is 10.0 Å². The van der Waals surface area contributed by atoms with Crippen LogP contribution in [0.25, 0.3) is 0 Å². The standard InChI is InChI=1S/C17H19N3O5S/c1-19-16(21)12-5-3-4-11(8-12)10-20-17(22)14-9-13(26(18,23)24)6-7-15(14)25-2/h3-9H,10H2,1-2H3,(H,19,21)(H,20,22)(H2,18,23,24). The van der Waals surface area contributed by atoms with Gasteiger partial charge >= 0.3 is 0 Å². The molecule has 0 bridgehead atoms. The Hall–Kier alpha value is -2.91. The lowest BCUT2D eigenvalue weighted by molar-refractivity contribution is 0.0945. The number of hydrogen-bond acceptors (Lipinski definition) is 5. The Balaban J connectivity index is 2.21. The normalized spacial score (nSPS) is 10.9. The summed E-state index contributed by atoms with van der Waals surface area (Å²) < 4.78 is 28.1. The van der Waals surface area contributed by atoms with Gasteiger partial charge in [0, 0.05) is 19.2 Å².